The molecule has 18 heavy (non-hydrogen) atoms. The first kappa shape index (κ1) is 12.0. The Morgan fingerprint density at radius 2 is 1.78 bits per heavy atom. The predicted molar refractivity (Wildman–Crippen MR) is 64.6 cm³/mol. The minimum absolute atomic E-state index is 0.190. The molecule has 1 N–H and O–H groups in total. The number of hydrogen-bond acceptors (Lipinski definition) is 4. The standard InChI is InChI=1S/C13H12N2O3/c1-9-2-4-10(5-3-9)18-11-7-14-12(15-8-11)6-13(16)17/h2-5,7-8H,6H2,1H3,(H,16,17). The van der Waals surface area contributed by atoms with Gasteiger partial charge in [0.05, 0.1) is 12.4 Å². The van der Waals surface area contributed by atoms with Gasteiger partial charge in [-0.3, -0.25) is 4.79 Å². The maximum absolute atomic E-state index is 10.5. The quantitative estimate of drug-likeness (QED) is 0.892. The molecule has 0 saturated heterocycles. The molecule has 1 aromatic carbocycles. The molecule has 92 valence electrons. The summed E-state index contributed by atoms with van der Waals surface area (Å²) in [6.07, 6.45) is 2.74. The Labute approximate surface area is 104 Å². The largest absolute Gasteiger partial charge is 0.481 e. The summed E-state index contributed by atoms with van der Waals surface area (Å²) >= 11 is 0. The maximum atomic E-state index is 10.5. The molecule has 2 aromatic rings. The average molecular weight is 244 g/mol. The van der Waals surface area contributed by atoms with E-state index < -0.39 is 5.97 Å². The van der Waals surface area contributed by atoms with E-state index in [-0.39, 0.29) is 12.2 Å². The van der Waals surface area contributed by atoms with Gasteiger partial charge < -0.3 is 9.84 Å². The SMILES string of the molecule is Cc1ccc(Oc2cnc(CC(=O)O)nc2)cc1. The van der Waals surface area contributed by atoms with Crippen LogP contribution in [0, 0.1) is 6.92 Å². The molecule has 0 fully saturated rings. The molecule has 0 atom stereocenters. The lowest BCUT2D eigenvalue weighted by atomic mass is 10.2. The molecule has 2 rings (SSSR count). The van der Waals surface area contributed by atoms with Crippen molar-refractivity contribution in [3.05, 3.63) is 48.0 Å². The van der Waals surface area contributed by atoms with Crippen LogP contribution in [0.15, 0.2) is 36.7 Å². The highest BCUT2D eigenvalue weighted by Crippen LogP contribution is 2.19. The fourth-order valence-electron chi connectivity index (χ4n) is 1.36. The van der Waals surface area contributed by atoms with Gasteiger partial charge in [-0.15, -0.1) is 0 Å². The summed E-state index contributed by atoms with van der Waals surface area (Å²) in [6.45, 7) is 1.99. The summed E-state index contributed by atoms with van der Waals surface area (Å²) in [5.74, 6) is 0.476. The summed E-state index contributed by atoms with van der Waals surface area (Å²) in [4.78, 5) is 18.3. The first-order valence-corrected chi connectivity index (χ1v) is 5.41. The van der Waals surface area contributed by atoms with Crippen LogP contribution < -0.4 is 4.74 Å². The van der Waals surface area contributed by atoms with Crippen LogP contribution in [-0.2, 0) is 11.2 Å². The average Bonchev–Trinajstić information content (AvgIpc) is 2.34. The molecular weight excluding hydrogens is 232 g/mol. The van der Waals surface area contributed by atoms with Gasteiger partial charge in [0, 0.05) is 0 Å². The number of aryl methyl sites for hydroxylation is 1. The van der Waals surface area contributed by atoms with E-state index in [0.717, 1.165) is 5.56 Å². The zero-order valence-electron chi connectivity index (χ0n) is 9.83. The van der Waals surface area contributed by atoms with Crippen molar-refractivity contribution in [2.45, 2.75) is 13.3 Å². The molecular formula is C13H12N2O3. The number of hydrogen-bond donors (Lipinski definition) is 1. The second-order valence-electron chi connectivity index (χ2n) is 3.82. The molecule has 0 bridgehead atoms. The van der Waals surface area contributed by atoms with Crippen LogP contribution in [0.1, 0.15) is 11.4 Å². The van der Waals surface area contributed by atoms with Crippen molar-refractivity contribution in [1.82, 2.24) is 9.97 Å². The summed E-state index contributed by atoms with van der Waals surface area (Å²) in [7, 11) is 0. The molecule has 5 heteroatoms. The minimum atomic E-state index is -0.956. The fraction of sp³-hybridized carbons (Fsp3) is 0.154. The van der Waals surface area contributed by atoms with E-state index >= 15 is 0 Å². The molecule has 0 amide bonds. The third-order valence-electron chi connectivity index (χ3n) is 2.25. The van der Waals surface area contributed by atoms with E-state index in [1.807, 2.05) is 31.2 Å². The zero-order valence-corrected chi connectivity index (χ0v) is 9.83. The zero-order chi connectivity index (χ0) is 13.0. The number of benzene rings is 1. The smallest absolute Gasteiger partial charge is 0.311 e. The second-order valence-corrected chi connectivity index (χ2v) is 3.82. The molecule has 1 aromatic heterocycles. The first-order valence-electron chi connectivity index (χ1n) is 5.41. The van der Waals surface area contributed by atoms with Crippen LogP contribution in [0.25, 0.3) is 0 Å². The van der Waals surface area contributed by atoms with Gasteiger partial charge in [0.25, 0.3) is 0 Å². The monoisotopic (exact) mass is 244 g/mol. The summed E-state index contributed by atoms with van der Waals surface area (Å²) in [5, 5.41) is 8.59. The number of nitrogens with zero attached hydrogens (tertiary/aromatic N) is 2. The number of carboxylic acid groups (broad SMARTS) is 1. The highest BCUT2D eigenvalue weighted by molar-refractivity contribution is 5.68. The lowest BCUT2D eigenvalue weighted by Gasteiger charge is -2.05. The molecule has 0 aliphatic heterocycles. The fourth-order valence-corrected chi connectivity index (χ4v) is 1.36. The van der Waals surface area contributed by atoms with E-state index in [2.05, 4.69) is 9.97 Å². The van der Waals surface area contributed by atoms with E-state index in [1.54, 1.807) is 0 Å². The Balaban J connectivity index is 2.06. The van der Waals surface area contributed by atoms with E-state index in [0.29, 0.717) is 11.5 Å². The van der Waals surface area contributed by atoms with Crippen molar-refractivity contribution in [1.29, 1.82) is 0 Å². The van der Waals surface area contributed by atoms with Crippen LogP contribution in [-0.4, -0.2) is 21.0 Å². The van der Waals surface area contributed by atoms with Gasteiger partial charge in [0.15, 0.2) is 5.75 Å². The highest BCUT2D eigenvalue weighted by Gasteiger charge is 2.04. The molecule has 0 saturated carbocycles. The van der Waals surface area contributed by atoms with Crippen molar-refractivity contribution in [2.75, 3.05) is 0 Å². The Morgan fingerprint density at radius 1 is 1.17 bits per heavy atom. The normalized spacial score (nSPS) is 10.1. The van der Waals surface area contributed by atoms with Gasteiger partial charge in [-0.2, -0.15) is 0 Å². The Morgan fingerprint density at radius 3 is 2.33 bits per heavy atom. The van der Waals surface area contributed by atoms with Gasteiger partial charge >= 0.3 is 5.97 Å². The molecule has 0 radical (unpaired) electrons. The van der Waals surface area contributed by atoms with Crippen LogP contribution in [0.3, 0.4) is 0 Å². The number of ether oxygens (including phenoxy) is 1. The van der Waals surface area contributed by atoms with Crippen molar-refractivity contribution in [2.24, 2.45) is 0 Å². The summed E-state index contributed by atoms with van der Waals surface area (Å²) in [6, 6.07) is 7.57. The van der Waals surface area contributed by atoms with Crippen molar-refractivity contribution in [3.63, 3.8) is 0 Å². The van der Waals surface area contributed by atoms with E-state index in [4.69, 9.17) is 9.84 Å². The van der Waals surface area contributed by atoms with Crippen LogP contribution in [0.5, 0.6) is 11.5 Å². The summed E-state index contributed by atoms with van der Waals surface area (Å²) < 4.78 is 5.52. The number of carbonyl (C=O) groups is 1. The van der Waals surface area contributed by atoms with Gasteiger partial charge in [0.2, 0.25) is 0 Å². The van der Waals surface area contributed by atoms with E-state index in [1.165, 1.54) is 12.4 Å². The second kappa shape index (κ2) is 5.27. The minimum Gasteiger partial charge on any atom is -0.481 e. The van der Waals surface area contributed by atoms with Crippen molar-refractivity contribution >= 4 is 5.97 Å². The van der Waals surface area contributed by atoms with E-state index in [9.17, 15) is 4.79 Å². The Kier molecular flexibility index (Phi) is 3.52. The predicted octanol–water partition coefficient (Wildman–Crippen LogP) is 2.20. The van der Waals surface area contributed by atoms with Crippen LogP contribution in [0.4, 0.5) is 0 Å². The topological polar surface area (TPSA) is 72.3 Å². The first-order chi connectivity index (χ1) is 8.63. The Bertz CT molecular complexity index is 535. The molecule has 5 nitrogen and oxygen atoms in total. The number of aliphatic carboxylic acids is 1. The highest BCUT2D eigenvalue weighted by atomic mass is 16.5. The number of carboxylic acids is 1. The van der Waals surface area contributed by atoms with Crippen LogP contribution in [0.2, 0.25) is 0 Å². The number of rotatable bonds is 4. The molecule has 0 spiro atoms. The van der Waals surface area contributed by atoms with Gasteiger partial charge in [-0.25, -0.2) is 9.97 Å². The lowest BCUT2D eigenvalue weighted by Crippen LogP contribution is -2.04. The Hall–Kier alpha value is -2.43. The van der Waals surface area contributed by atoms with Gasteiger partial charge in [-0.05, 0) is 19.1 Å². The van der Waals surface area contributed by atoms with Crippen molar-refractivity contribution in [3.8, 4) is 11.5 Å². The molecule has 0 aliphatic carbocycles. The summed E-state index contributed by atoms with van der Waals surface area (Å²) in [5.41, 5.74) is 1.15. The van der Waals surface area contributed by atoms with Crippen molar-refractivity contribution < 1.29 is 14.6 Å². The molecule has 1 heterocycles. The maximum Gasteiger partial charge on any atom is 0.311 e. The molecule has 0 aliphatic rings. The van der Waals surface area contributed by atoms with Gasteiger partial charge in [0.1, 0.15) is 18.0 Å². The lowest BCUT2D eigenvalue weighted by molar-refractivity contribution is -0.136. The van der Waals surface area contributed by atoms with Gasteiger partial charge in [-0.1, -0.05) is 17.7 Å². The molecule has 0 unspecified atom stereocenters. The third-order valence-corrected chi connectivity index (χ3v) is 2.25. The third kappa shape index (κ3) is 3.28. The van der Waals surface area contributed by atoms with Crippen LogP contribution >= 0.6 is 0 Å². The number of aromatic nitrogens is 2.